The van der Waals surface area contributed by atoms with Crippen molar-refractivity contribution >= 4 is 41.7 Å². The Morgan fingerprint density at radius 3 is 2.78 bits per heavy atom. The summed E-state index contributed by atoms with van der Waals surface area (Å²) in [6.45, 7) is 5.94. The minimum Gasteiger partial charge on any atom is -0.357 e. The molecular formula is C10H20IN5OS. The molecule has 0 aliphatic heterocycles. The Balaban J connectivity index is 0.00000289. The van der Waals surface area contributed by atoms with E-state index in [-0.39, 0.29) is 24.0 Å². The standard InChI is InChI=1S/C10H19N5OS.HI/c1-4-11-10(12-5-6-17-3)13-7-9-14-8(2)16-15-9;/h4-7H2,1-3H3,(H2,11,12,13);1H. The van der Waals surface area contributed by atoms with Crippen LogP contribution in [0.4, 0.5) is 0 Å². The van der Waals surface area contributed by atoms with Crippen LogP contribution in [0.15, 0.2) is 9.52 Å². The quantitative estimate of drug-likeness (QED) is 0.334. The Hall–Kier alpha value is -0.510. The molecule has 0 fully saturated rings. The first-order valence-electron chi connectivity index (χ1n) is 5.56. The Kier molecular flexibility index (Phi) is 10.1. The Labute approximate surface area is 129 Å². The molecule has 0 aliphatic rings. The van der Waals surface area contributed by atoms with Crippen molar-refractivity contribution in [3.63, 3.8) is 0 Å². The Morgan fingerprint density at radius 2 is 2.22 bits per heavy atom. The molecule has 0 saturated heterocycles. The molecule has 0 saturated carbocycles. The number of aliphatic imine (C=N–C) groups is 1. The average Bonchev–Trinajstić information content (AvgIpc) is 2.72. The molecule has 0 spiro atoms. The van der Waals surface area contributed by atoms with Gasteiger partial charge < -0.3 is 15.2 Å². The lowest BCUT2D eigenvalue weighted by atomic mass is 10.6. The third-order valence-corrected chi connectivity index (χ3v) is 2.50. The largest absolute Gasteiger partial charge is 0.357 e. The second-order valence-corrected chi connectivity index (χ2v) is 4.33. The predicted octanol–water partition coefficient (Wildman–Crippen LogP) is 1.41. The molecule has 1 aromatic rings. The highest BCUT2D eigenvalue weighted by molar-refractivity contribution is 14.0. The average molecular weight is 385 g/mol. The topological polar surface area (TPSA) is 75.3 Å². The van der Waals surface area contributed by atoms with Crippen molar-refractivity contribution in [1.29, 1.82) is 0 Å². The van der Waals surface area contributed by atoms with Gasteiger partial charge >= 0.3 is 0 Å². The van der Waals surface area contributed by atoms with Crippen molar-refractivity contribution in [3.8, 4) is 0 Å². The number of aryl methyl sites for hydroxylation is 1. The van der Waals surface area contributed by atoms with Gasteiger partial charge in [-0.05, 0) is 13.2 Å². The second-order valence-electron chi connectivity index (χ2n) is 3.34. The third-order valence-electron chi connectivity index (χ3n) is 1.89. The van der Waals surface area contributed by atoms with Crippen LogP contribution in [0.5, 0.6) is 0 Å². The molecule has 1 aromatic heterocycles. The molecule has 0 amide bonds. The fourth-order valence-electron chi connectivity index (χ4n) is 1.17. The zero-order valence-corrected chi connectivity index (χ0v) is 14.0. The van der Waals surface area contributed by atoms with E-state index in [4.69, 9.17) is 4.52 Å². The van der Waals surface area contributed by atoms with Crippen molar-refractivity contribution in [2.75, 3.05) is 25.1 Å². The molecule has 104 valence electrons. The van der Waals surface area contributed by atoms with Gasteiger partial charge in [0.15, 0.2) is 11.8 Å². The Bertz CT molecular complexity index is 358. The maximum Gasteiger partial charge on any atom is 0.223 e. The number of hydrogen-bond donors (Lipinski definition) is 2. The molecule has 8 heteroatoms. The summed E-state index contributed by atoms with van der Waals surface area (Å²) in [6.07, 6.45) is 2.08. The first kappa shape index (κ1) is 17.5. The highest BCUT2D eigenvalue weighted by Gasteiger charge is 2.02. The van der Waals surface area contributed by atoms with Crippen LogP contribution in [0.2, 0.25) is 0 Å². The van der Waals surface area contributed by atoms with Crippen LogP contribution in [-0.4, -0.2) is 41.2 Å². The van der Waals surface area contributed by atoms with E-state index in [1.54, 1.807) is 18.7 Å². The summed E-state index contributed by atoms with van der Waals surface area (Å²) in [5.74, 6) is 3.00. The molecule has 0 unspecified atom stereocenters. The van der Waals surface area contributed by atoms with Gasteiger partial charge in [-0.1, -0.05) is 5.16 Å². The first-order valence-corrected chi connectivity index (χ1v) is 6.96. The summed E-state index contributed by atoms with van der Waals surface area (Å²) >= 11 is 1.79. The molecule has 18 heavy (non-hydrogen) atoms. The monoisotopic (exact) mass is 385 g/mol. The van der Waals surface area contributed by atoms with Gasteiger partial charge in [-0.25, -0.2) is 4.99 Å². The molecular weight excluding hydrogens is 365 g/mol. The predicted molar refractivity (Wildman–Crippen MR) is 85.7 cm³/mol. The number of halogens is 1. The van der Waals surface area contributed by atoms with E-state index in [0.29, 0.717) is 18.3 Å². The Morgan fingerprint density at radius 1 is 1.44 bits per heavy atom. The van der Waals surface area contributed by atoms with E-state index in [9.17, 15) is 0 Å². The first-order chi connectivity index (χ1) is 8.26. The summed E-state index contributed by atoms with van der Waals surface area (Å²) in [7, 11) is 0. The number of aromatic nitrogens is 2. The molecule has 0 aromatic carbocycles. The summed E-state index contributed by atoms with van der Waals surface area (Å²) in [4.78, 5) is 8.46. The molecule has 2 N–H and O–H groups in total. The van der Waals surface area contributed by atoms with Crippen molar-refractivity contribution in [3.05, 3.63) is 11.7 Å². The van der Waals surface area contributed by atoms with E-state index in [2.05, 4.69) is 32.0 Å². The number of nitrogens with one attached hydrogen (secondary N) is 2. The third kappa shape index (κ3) is 7.04. The SMILES string of the molecule is CCNC(=NCc1noc(C)n1)NCCSC.I. The van der Waals surface area contributed by atoms with Crippen molar-refractivity contribution < 1.29 is 4.52 Å². The lowest BCUT2D eigenvalue weighted by Crippen LogP contribution is -2.38. The summed E-state index contributed by atoms with van der Waals surface area (Å²) in [5.41, 5.74) is 0. The van der Waals surface area contributed by atoms with Crippen LogP contribution in [0, 0.1) is 6.92 Å². The minimum atomic E-state index is 0. The van der Waals surface area contributed by atoms with Crippen LogP contribution >= 0.6 is 35.7 Å². The van der Waals surface area contributed by atoms with Gasteiger partial charge in [-0.2, -0.15) is 16.7 Å². The van der Waals surface area contributed by atoms with E-state index in [1.165, 1.54) is 0 Å². The fourth-order valence-corrected chi connectivity index (χ4v) is 1.47. The van der Waals surface area contributed by atoms with Gasteiger partial charge in [-0.3, -0.25) is 0 Å². The molecule has 0 aliphatic carbocycles. The van der Waals surface area contributed by atoms with Gasteiger partial charge in [0.2, 0.25) is 5.89 Å². The fraction of sp³-hybridized carbons (Fsp3) is 0.700. The molecule has 6 nitrogen and oxygen atoms in total. The maximum absolute atomic E-state index is 4.88. The van der Waals surface area contributed by atoms with Gasteiger partial charge in [0.05, 0.1) is 0 Å². The van der Waals surface area contributed by atoms with Crippen LogP contribution in [0.25, 0.3) is 0 Å². The van der Waals surface area contributed by atoms with Crippen LogP contribution < -0.4 is 10.6 Å². The smallest absolute Gasteiger partial charge is 0.223 e. The molecule has 0 bridgehead atoms. The van der Waals surface area contributed by atoms with E-state index in [1.807, 2.05) is 6.92 Å². The highest BCUT2D eigenvalue weighted by atomic mass is 127. The van der Waals surface area contributed by atoms with Crippen LogP contribution in [0.3, 0.4) is 0 Å². The number of nitrogens with zero attached hydrogens (tertiary/aromatic N) is 3. The van der Waals surface area contributed by atoms with E-state index < -0.39 is 0 Å². The van der Waals surface area contributed by atoms with Gasteiger partial charge in [0, 0.05) is 25.8 Å². The lowest BCUT2D eigenvalue weighted by molar-refractivity contribution is 0.387. The minimum absolute atomic E-state index is 0. The number of hydrogen-bond acceptors (Lipinski definition) is 5. The molecule has 0 atom stereocenters. The van der Waals surface area contributed by atoms with Gasteiger partial charge in [-0.15, -0.1) is 24.0 Å². The normalized spacial score (nSPS) is 10.9. The summed E-state index contributed by atoms with van der Waals surface area (Å²) < 4.78 is 4.88. The molecule has 0 radical (unpaired) electrons. The summed E-state index contributed by atoms with van der Waals surface area (Å²) in [5, 5.41) is 10.2. The van der Waals surface area contributed by atoms with Crippen molar-refractivity contribution in [2.45, 2.75) is 20.4 Å². The summed E-state index contributed by atoms with van der Waals surface area (Å²) in [6, 6.07) is 0. The number of rotatable bonds is 6. The molecule has 1 heterocycles. The van der Waals surface area contributed by atoms with Gasteiger partial charge in [0.1, 0.15) is 6.54 Å². The molecule has 1 rings (SSSR count). The van der Waals surface area contributed by atoms with E-state index in [0.717, 1.165) is 24.8 Å². The van der Waals surface area contributed by atoms with Crippen LogP contribution in [-0.2, 0) is 6.54 Å². The van der Waals surface area contributed by atoms with E-state index >= 15 is 0 Å². The van der Waals surface area contributed by atoms with Gasteiger partial charge in [0.25, 0.3) is 0 Å². The lowest BCUT2D eigenvalue weighted by Gasteiger charge is -2.09. The second kappa shape index (κ2) is 10.4. The zero-order valence-electron chi connectivity index (χ0n) is 10.9. The van der Waals surface area contributed by atoms with Crippen molar-refractivity contribution in [1.82, 2.24) is 20.8 Å². The maximum atomic E-state index is 4.88. The van der Waals surface area contributed by atoms with Crippen LogP contribution in [0.1, 0.15) is 18.6 Å². The van der Waals surface area contributed by atoms with Crippen molar-refractivity contribution in [2.24, 2.45) is 4.99 Å². The number of thioether (sulfide) groups is 1. The highest BCUT2D eigenvalue weighted by Crippen LogP contribution is 1.96. The number of guanidine groups is 1. The zero-order chi connectivity index (χ0) is 12.5.